The summed E-state index contributed by atoms with van der Waals surface area (Å²) in [6, 6.07) is 0.220. The van der Waals surface area contributed by atoms with Gasteiger partial charge >= 0.3 is 0 Å². The maximum atomic E-state index is 11.2. The molecular formula is C9H13N3OS. The Balaban J connectivity index is 1.96. The molecule has 4 nitrogen and oxygen atoms in total. The normalized spacial score (nSPS) is 21.7. The highest BCUT2D eigenvalue weighted by molar-refractivity contribution is 7.13. The van der Waals surface area contributed by atoms with Gasteiger partial charge in [-0.2, -0.15) is 0 Å². The summed E-state index contributed by atoms with van der Waals surface area (Å²) in [6.45, 7) is 2.74. The first kappa shape index (κ1) is 9.45. The van der Waals surface area contributed by atoms with E-state index in [4.69, 9.17) is 0 Å². The molecule has 1 amide bonds. The molecular weight excluding hydrogens is 198 g/mol. The van der Waals surface area contributed by atoms with Crippen LogP contribution in [0.15, 0.2) is 5.38 Å². The zero-order valence-corrected chi connectivity index (χ0v) is 9.10. The average Bonchev–Trinajstić information content (AvgIpc) is 2.62. The van der Waals surface area contributed by atoms with Crippen LogP contribution in [0, 0.1) is 6.92 Å². The van der Waals surface area contributed by atoms with E-state index in [1.807, 2.05) is 19.4 Å². The van der Waals surface area contributed by atoms with Crippen LogP contribution in [0.1, 0.15) is 12.1 Å². The Labute approximate surface area is 86.9 Å². The fourth-order valence-corrected chi connectivity index (χ4v) is 2.32. The van der Waals surface area contributed by atoms with Crippen LogP contribution in [0.3, 0.4) is 0 Å². The number of aryl methyl sites for hydroxylation is 1. The van der Waals surface area contributed by atoms with E-state index >= 15 is 0 Å². The molecule has 2 rings (SSSR count). The number of aromatic nitrogens is 1. The van der Waals surface area contributed by atoms with Gasteiger partial charge in [0.1, 0.15) is 0 Å². The van der Waals surface area contributed by atoms with Gasteiger partial charge in [0.05, 0.1) is 11.7 Å². The molecule has 1 fully saturated rings. The first-order valence-electron chi connectivity index (χ1n) is 4.58. The highest BCUT2D eigenvalue weighted by Crippen LogP contribution is 2.19. The van der Waals surface area contributed by atoms with Gasteiger partial charge in [0.25, 0.3) is 0 Å². The van der Waals surface area contributed by atoms with Crippen molar-refractivity contribution >= 4 is 22.4 Å². The average molecular weight is 211 g/mol. The molecule has 76 valence electrons. The quantitative estimate of drug-likeness (QED) is 0.796. The van der Waals surface area contributed by atoms with Crippen molar-refractivity contribution in [1.29, 1.82) is 0 Å². The van der Waals surface area contributed by atoms with Crippen LogP contribution in [-0.4, -0.2) is 35.4 Å². The number of carbonyl (C=O) groups is 1. The van der Waals surface area contributed by atoms with E-state index in [1.165, 1.54) is 0 Å². The molecule has 1 aromatic heterocycles. The third-order valence-corrected chi connectivity index (χ3v) is 3.18. The predicted molar refractivity (Wildman–Crippen MR) is 56.5 cm³/mol. The number of amides is 1. The Morgan fingerprint density at radius 3 is 3.00 bits per heavy atom. The molecule has 0 aliphatic carbocycles. The number of likely N-dealkylation sites (tertiary alicyclic amines) is 1. The minimum absolute atomic E-state index is 0.204. The molecule has 1 atom stereocenters. The standard InChI is InChI=1S/C9H13N3OS/c1-6-5-14-9(10-6)11-7-3-8(13)12(2)4-7/h5,7H,3-4H2,1-2H3,(H,10,11). The Morgan fingerprint density at radius 1 is 1.71 bits per heavy atom. The van der Waals surface area contributed by atoms with E-state index in [1.54, 1.807) is 16.2 Å². The highest BCUT2D eigenvalue weighted by Gasteiger charge is 2.26. The van der Waals surface area contributed by atoms with Gasteiger partial charge in [0.2, 0.25) is 5.91 Å². The van der Waals surface area contributed by atoms with Crippen molar-refractivity contribution in [2.75, 3.05) is 18.9 Å². The maximum Gasteiger partial charge on any atom is 0.224 e. The van der Waals surface area contributed by atoms with E-state index in [2.05, 4.69) is 10.3 Å². The lowest BCUT2D eigenvalue weighted by Crippen LogP contribution is -2.24. The summed E-state index contributed by atoms with van der Waals surface area (Å²) < 4.78 is 0. The van der Waals surface area contributed by atoms with E-state index in [0.717, 1.165) is 17.4 Å². The van der Waals surface area contributed by atoms with Gasteiger partial charge in [0.15, 0.2) is 5.13 Å². The fraction of sp³-hybridized carbons (Fsp3) is 0.556. The zero-order chi connectivity index (χ0) is 10.1. The Bertz CT molecular complexity index is 350. The van der Waals surface area contributed by atoms with Crippen LogP contribution in [0.5, 0.6) is 0 Å². The largest absolute Gasteiger partial charge is 0.356 e. The molecule has 0 bridgehead atoms. The number of hydrogen-bond donors (Lipinski definition) is 1. The third-order valence-electron chi connectivity index (χ3n) is 2.29. The molecule has 1 aromatic rings. The summed E-state index contributed by atoms with van der Waals surface area (Å²) in [7, 11) is 1.83. The van der Waals surface area contributed by atoms with Crippen LogP contribution in [0.25, 0.3) is 0 Å². The van der Waals surface area contributed by atoms with Gasteiger partial charge in [-0.3, -0.25) is 4.79 Å². The van der Waals surface area contributed by atoms with Gasteiger partial charge in [0, 0.05) is 25.4 Å². The monoisotopic (exact) mass is 211 g/mol. The molecule has 5 heteroatoms. The first-order valence-corrected chi connectivity index (χ1v) is 5.46. The van der Waals surface area contributed by atoms with Crippen LogP contribution in [0.2, 0.25) is 0 Å². The van der Waals surface area contributed by atoms with Crippen LogP contribution in [0.4, 0.5) is 5.13 Å². The SMILES string of the molecule is Cc1csc(NC2CC(=O)N(C)C2)n1. The Morgan fingerprint density at radius 2 is 2.50 bits per heavy atom. The summed E-state index contributed by atoms with van der Waals surface area (Å²) in [6.07, 6.45) is 0.578. The van der Waals surface area contributed by atoms with E-state index in [9.17, 15) is 4.79 Å². The number of likely N-dealkylation sites (N-methyl/N-ethyl adjacent to an activating group) is 1. The predicted octanol–water partition coefficient (Wildman–Crippen LogP) is 1.09. The number of nitrogens with one attached hydrogen (secondary N) is 1. The minimum Gasteiger partial charge on any atom is -0.356 e. The second kappa shape index (κ2) is 3.57. The second-order valence-corrected chi connectivity index (χ2v) is 4.47. The fourth-order valence-electron chi connectivity index (χ4n) is 1.56. The van der Waals surface area contributed by atoms with Crippen LogP contribution >= 0.6 is 11.3 Å². The Kier molecular flexibility index (Phi) is 2.41. The number of rotatable bonds is 2. The lowest BCUT2D eigenvalue weighted by Gasteiger charge is -2.10. The number of nitrogens with zero attached hydrogens (tertiary/aromatic N) is 2. The van der Waals surface area contributed by atoms with Gasteiger partial charge in [-0.15, -0.1) is 11.3 Å². The first-order chi connectivity index (χ1) is 6.65. The number of carbonyl (C=O) groups excluding carboxylic acids is 1. The summed E-state index contributed by atoms with van der Waals surface area (Å²) in [5.74, 6) is 0.204. The van der Waals surface area contributed by atoms with E-state index in [0.29, 0.717) is 6.42 Å². The van der Waals surface area contributed by atoms with Crippen molar-refractivity contribution in [3.8, 4) is 0 Å². The van der Waals surface area contributed by atoms with Crippen molar-refractivity contribution in [2.24, 2.45) is 0 Å². The van der Waals surface area contributed by atoms with E-state index in [-0.39, 0.29) is 11.9 Å². The Hall–Kier alpha value is -1.10. The van der Waals surface area contributed by atoms with Gasteiger partial charge in [-0.1, -0.05) is 0 Å². The van der Waals surface area contributed by atoms with Crippen molar-refractivity contribution in [1.82, 2.24) is 9.88 Å². The van der Waals surface area contributed by atoms with Crippen molar-refractivity contribution in [2.45, 2.75) is 19.4 Å². The van der Waals surface area contributed by atoms with Gasteiger partial charge < -0.3 is 10.2 Å². The van der Waals surface area contributed by atoms with Crippen LogP contribution < -0.4 is 5.32 Å². The number of anilines is 1. The molecule has 1 N–H and O–H groups in total. The highest BCUT2D eigenvalue weighted by atomic mass is 32.1. The molecule has 0 radical (unpaired) electrons. The van der Waals surface area contributed by atoms with Gasteiger partial charge in [-0.25, -0.2) is 4.98 Å². The molecule has 1 aliphatic heterocycles. The van der Waals surface area contributed by atoms with Gasteiger partial charge in [-0.05, 0) is 6.92 Å². The maximum absolute atomic E-state index is 11.2. The van der Waals surface area contributed by atoms with Crippen molar-refractivity contribution in [3.63, 3.8) is 0 Å². The lowest BCUT2D eigenvalue weighted by atomic mass is 10.3. The van der Waals surface area contributed by atoms with Crippen molar-refractivity contribution in [3.05, 3.63) is 11.1 Å². The lowest BCUT2D eigenvalue weighted by molar-refractivity contribution is -0.126. The molecule has 14 heavy (non-hydrogen) atoms. The van der Waals surface area contributed by atoms with Crippen LogP contribution in [-0.2, 0) is 4.79 Å². The van der Waals surface area contributed by atoms with E-state index < -0.39 is 0 Å². The molecule has 1 aliphatic rings. The topological polar surface area (TPSA) is 45.2 Å². The molecule has 1 unspecified atom stereocenters. The summed E-state index contributed by atoms with van der Waals surface area (Å²) in [5.41, 5.74) is 1.02. The minimum atomic E-state index is 0.204. The molecule has 0 aromatic carbocycles. The van der Waals surface area contributed by atoms with Crippen molar-refractivity contribution < 1.29 is 4.79 Å². The molecule has 2 heterocycles. The summed E-state index contributed by atoms with van der Waals surface area (Å²) in [5, 5.41) is 6.18. The smallest absolute Gasteiger partial charge is 0.224 e. The summed E-state index contributed by atoms with van der Waals surface area (Å²) >= 11 is 1.59. The number of hydrogen-bond acceptors (Lipinski definition) is 4. The molecule has 0 saturated carbocycles. The molecule has 0 spiro atoms. The second-order valence-electron chi connectivity index (χ2n) is 3.61. The zero-order valence-electron chi connectivity index (χ0n) is 8.28. The summed E-state index contributed by atoms with van der Waals surface area (Å²) in [4.78, 5) is 17.3. The third kappa shape index (κ3) is 1.87. The number of thiazole rings is 1. The molecule has 1 saturated heterocycles.